The molecule has 4 nitrogen and oxygen atoms in total. The lowest BCUT2D eigenvalue weighted by Crippen LogP contribution is -2.45. The van der Waals surface area contributed by atoms with Gasteiger partial charge in [0.2, 0.25) is 5.91 Å². The second-order valence-corrected chi connectivity index (χ2v) is 7.37. The molecule has 23 heavy (non-hydrogen) atoms. The van der Waals surface area contributed by atoms with Crippen LogP contribution in [0.2, 0.25) is 0 Å². The van der Waals surface area contributed by atoms with Gasteiger partial charge in [-0.2, -0.15) is 0 Å². The van der Waals surface area contributed by atoms with Crippen molar-refractivity contribution in [3.8, 4) is 0 Å². The van der Waals surface area contributed by atoms with E-state index in [0.29, 0.717) is 6.61 Å². The van der Waals surface area contributed by atoms with Crippen LogP contribution in [0.5, 0.6) is 0 Å². The van der Waals surface area contributed by atoms with E-state index in [0.717, 1.165) is 39.0 Å². The third-order valence-corrected chi connectivity index (χ3v) is 5.16. The predicted octanol–water partition coefficient (Wildman–Crippen LogP) is 2.19. The molecule has 1 aromatic rings. The summed E-state index contributed by atoms with van der Waals surface area (Å²) in [5.74, 6) is 0.139. The van der Waals surface area contributed by atoms with Gasteiger partial charge in [-0.3, -0.25) is 4.79 Å². The molecule has 3 rings (SSSR count). The van der Waals surface area contributed by atoms with Crippen molar-refractivity contribution < 1.29 is 9.53 Å². The molecule has 2 fully saturated rings. The lowest BCUT2D eigenvalue weighted by atomic mass is 9.87. The van der Waals surface area contributed by atoms with E-state index in [1.54, 1.807) is 0 Å². The minimum atomic E-state index is 0.118. The molecule has 0 N–H and O–H groups in total. The second kappa shape index (κ2) is 7.02. The highest BCUT2D eigenvalue weighted by Crippen LogP contribution is 2.34. The Morgan fingerprint density at radius 1 is 1.22 bits per heavy atom. The Hall–Kier alpha value is -1.39. The van der Waals surface area contributed by atoms with E-state index >= 15 is 0 Å². The minimum Gasteiger partial charge on any atom is -0.371 e. The molecule has 2 saturated heterocycles. The van der Waals surface area contributed by atoms with E-state index in [2.05, 4.69) is 49.1 Å². The van der Waals surface area contributed by atoms with E-state index in [1.807, 2.05) is 4.90 Å². The molecule has 1 amide bonds. The summed E-state index contributed by atoms with van der Waals surface area (Å²) in [6.45, 7) is 9.21. The van der Waals surface area contributed by atoms with E-state index in [-0.39, 0.29) is 24.0 Å². The highest BCUT2D eigenvalue weighted by Gasteiger charge is 2.42. The van der Waals surface area contributed by atoms with Crippen molar-refractivity contribution in [2.75, 3.05) is 39.4 Å². The first-order valence-electron chi connectivity index (χ1n) is 8.71. The maximum absolute atomic E-state index is 12.2. The van der Waals surface area contributed by atoms with Gasteiger partial charge in [-0.05, 0) is 38.8 Å². The zero-order valence-corrected chi connectivity index (χ0v) is 14.3. The number of hydrogen-bond donors (Lipinski definition) is 0. The number of ether oxygens (including phenoxy) is 1. The van der Waals surface area contributed by atoms with Crippen molar-refractivity contribution in [3.05, 3.63) is 35.9 Å². The molecule has 0 aliphatic carbocycles. The maximum Gasteiger partial charge on any atom is 0.248 e. The van der Waals surface area contributed by atoms with Gasteiger partial charge in [-0.25, -0.2) is 0 Å². The Morgan fingerprint density at radius 2 is 2.00 bits per heavy atom. The van der Waals surface area contributed by atoms with Gasteiger partial charge in [-0.15, -0.1) is 0 Å². The number of nitrogens with zero attached hydrogens (tertiary/aromatic N) is 2. The number of rotatable bonds is 4. The van der Waals surface area contributed by atoms with Gasteiger partial charge < -0.3 is 14.5 Å². The first kappa shape index (κ1) is 16.5. The molecule has 0 aromatic heterocycles. The zero-order chi connectivity index (χ0) is 16.3. The molecule has 1 unspecified atom stereocenters. The smallest absolute Gasteiger partial charge is 0.248 e. The number of carbonyl (C=O) groups is 1. The predicted molar refractivity (Wildman–Crippen MR) is 91.3 cm³/mol. The largest absolute Gasteiger partial charge is 0.371 e. The lowest BCUT2D eigenvalue weighted by molar-refractivity contribution is -0.135. The van der Waals surface area contributed by atoms with Crippen LogP contribution < -0.4 is 0 Å². The number of amides is 1. The van der Waals surface area contributed by atoms with Gasteiger partial charge in [0, 0.05) is 31.1 Å². The van der Waals surface area contributed by atoms with Crippen LogP contribution >= 0.6 is 0 Å². The average Bonchev–Trinajstić information content (AvgIpc) is 2.86. The van der Waals surface area contributed by atoms with Crippen LogP contribution in [0.4, 0.5) is 0 Å². The molecule has 126 valence electrons. The molecule has 0 saturated carbocycles. The van der Waals surface area contributed by atoms with E-state index in [4.69, 9.17) is 4.74 Å². The van der Waals surface area contributed by atoms with Gasteiger partial charge in [0.05, 0.1) is 6.61 Å². The van der Waals surface area contributed by atoms with Crippen molar-refractivity contribution in [1.82, 2.24) is 9.80 Å². The topological polar surface area (TPSA) is 32.8 Å². The van der Waals surface area contributed by atoms with E-state index < -0.39 is 0 Å². The minimum absolute atomic E-state index is 0.118. The Kier molecular flexibility index (Phi) is 5.02. The molecule has 0 radical (unpaired) electrons. The van der Waals surface area contributed by atoms with Crippen molar-refractivity contribution in [2.45, 2.75) is 32.7 Å². The van der Waals surface area contributed by atoms with Gasteiger partial charge in [0.15, 0.2) is 0 Å². The quantitative estimate of drug-likeness (QED) is 0.853. The number of hydrogen-bond acceptors (Lipinski definition) is 3. The van der Waals surface area contributed by atoms with Crippen LogP contribution in [-0.4, -0.2) is 61.1 Å². The Balaban J connectivity index is 1.59. The highest BCUT2D eigenvalue weighted by atomic mass is 16.5. The normalized spacial score (nSPS) is 26.2. The summed E-state index contributed by atoms with van der Waals surface area (Å²) < 4.78 is 5.72. The van der Waals surface area contributed by atoms with Gasteiger partial charge in [0.25, 0.3) is 0 Å². The van der Waals surface area contributed by atoms with Crippen molar-refractivity contribution >= 4 is 5.91 Å². The molecule has 2 aliphatic rings. The molecule has 4 heteroatoms. The van der Waals surface area contributed by atoms with Crippen LogP contribution in [0, 0.1) is 5.41 Å². The third kappa shape index (κ3) is 3.93. The summed E-state index contributed by atoms with van der Waals surface area (Å²) in [5, 5.41) is 0. The summed E-state index contributed by atoms with van der Waals surface area (Å²) in [4.78, 5) is 16.7. The maximum atomic E-state index is 12.2. The monoisotopic (exact) mass is 316 g/mol. The average molecular weight is 316 g/mol. The van der Waals surface area contributed by atoms with E-state index in [9.17, 15) is 4.79 Å². The Labute approximate surface area is 139 Å². The first-order chi connectivity index (χ1) is 11.1. The number of benzene rings is 1. The number of likely N-dealkylation sites (tertiary alicyclic amines) is 1. The second-order valence-electron chi connectivity index (χ2n) is 7.37. The SMILES string of the molecule is CC(C)N1CC2(CCN(CCc3ccccc3)C2)COCC1=O. The lowest BCUT2D eigenvalue weighted by Gasteiger charge is -2.34. The summed E-state index contributed by atoms with van der Waals surface area (Å²) in [6, 6.07) is 10.9. The zero-order valence-electron chi connectivity index (χ0n) is 14.3. The van der Waals surface area contributed by atoms with Crippen LogP contribution in [-0.2, 0) is 16.0 Å². The summed E-state index contributed by atoms with van der Waals surface area (Å²) in [7, 11) is 0. The molecule has 2 aliphatic heterocycles. The molecular formula is C19H28N2O2. The van der Waals surface area contributed by atoms with Crippen LogP contribution in [0.1, 0.15) is 25.8 Å². The van der Waals surface area contributed by atoms with E-state index in [1.165, 1.54) is 5.56 Å². The van der Waals surface area contributed by atoms with Gasteiger partial charge in [0.1, 0.15) is 6.61 Å². The summed E-state index contributed by atoms with van der Waals surface area (Å²) in [6.07, 6.45) is 2.21. The molecule has 2 heterocycles. The van der Waals surface area contributed by atoms with Gasteiger partial charge in [-0.1, -0.05) is 30.3 Å². The fourth-order valence-corrected chi connectivity index (χ4v) is 3.80. The highest BCUT2D eigenvalue weighted by molar-refractivity contribution is 5.78. The molecule has 1 atom stereocenters. The van der Waals surface area contributed by atoms with Crippen molar-refractivity contribution in [3.63, 3.8) is 0 Å². The summed E-state index contributed by atoms with van der Waals surface area (Å²) >= 11 is 0. The van der Waals surface area contributed by atoms with Crippen molar-refractivity contribution in [1.29, 1.82) is 0 Å². The third-order valence-electron chi connectivity index (χ3n) is 5.16. The van der Waals surface area contributed by atoms with Crippen LogP contribution in [0.3, 0.4) is 0 Å². The van der Waals surface area contributed by atoms with Crippen LogP contribution in [0.15, 0.2) is 30.3 Å². The molecule has 0 bridgehead atoms. The summed E-state index contributed by atoms with van der Waals surface area (Å²) in [5.41, 5.74) is 1.51. The Morgan fingerprint density at radius 3 is 2.74 bits per heavy atom. The standard InChI is InChI=1S/C19H28N2O2/c1-16(2)21-14-19(15-23-12-18(21)22)9-11-20(13-19)10-8-17-6-4-3-5-7-17/h3-7,16H,8-15H2,1-2H3. The fraction of sp³-hybridized carbons (Fsp3) is 0.632. The van der Waals surface area contributed by atoms with Gasteiger partial charge >= 0.3 is 0 Å². The number of carbonyl (C=O) groups excluding carboxylic acids is 1. The Bertz CT molecular complexity index is 531. The van der Waals surface area contributed by atoms with Crippen LogP contribution in [0.25, 0.3) is 0 Å². The fourth-order valence-electron chi connectivity index (χ4n) is 3.80. The molecule has 1 spiro atoms. The molecular weight excluding hydrogens is 288 g/mol. The molecule has 1 aromatic carbocycles. The van der Waals surface area contributed by atoms with Crippen molar-refractivity contribution in [2.24, 2.45) is 5.41 Å². The first-order valence-corrected chi connectivity index (χ1v) is 8.71.